The van der Waals surface area contributed by atoms with Crippen LogP contribution in [0.3, 0.4) is 0 Å². The molecule has 0 radical (unpaired) electrons. The summed E-state index contributed by atoms with van der Waals surface area (Å²) in [5.74, 6) is -4.46. The fraction of sp³-hybridized carbons (Fsp3) is 0.444. The summed E-state index contributed by atoms with van der Waals surface area (Å²) < 4.78 is 67.2. The minimum Gasteiger partial charge on any atom is -0.542 e. The molecule has 9 nitrogen and oxygen atoms in total. The van der Waals surface area contributed by atoms with Crippen molar-refractivity contribution in [2.45, 2.75) is 58.4 Å². The lowest BCUT2D eigenvalue weighted by Crippen LogP contribution is -2.50. The molecule has 2 aliphatic rings. The van der Waals surface area contributed by atoms with Crippen LogP contribution in [0, 0.1) is 16.7 Å². The first-order chi connectivity index (χ1) is 19.3. The number of carbonyl (C=O) groups excluding carboxylic acids is 2. The number of carbonyl (C=O) groups is 3. The van der Waals surface area contributed by atoms with Crippen LogP contribution in [0.1, 0.15) is 50.7 Å². The van der Waals surface area contributed by atoms with Crippen molar-refractivity contribution in [3.05, 3.63) is 60.9 Å². The van der Waals surface area contributed by atoms with Crippen molar-refractivity contribution in [1.29, 1.82) is 0 Å². The van der Waals surface area contributed by atoms with Gasteiger partial charge in [-0.1, -0.05) is 26.8 Å². The highest BCUT2D eigenvalue weighted by molar-refractivity contribution is 5.91. The third-order valence-corrected chi connectivity index (χ3v) is 8.33. The van der Waals surface area contributed by atoms with Gasteiger partial charge >= 0.3 is 30.1 Å². The summed E-state index contributed by atoms with van der Waals surface area (Å²) in [5.41, 5.74) is 2.35. The Kier molecular flexibility index (Phi) is 8.94. The topological polar surface area (TPSA) is 128 Å². The van der Waals surface area contributed by atoms with Crippen LogP contribution in [-0.2, 0) is 9.59 Å². The standard InChI is InChI=1S/C23H26N4O.2C2HF3O2/c1-22(2)16-7-10-23(22,3)19(14-16)25-20(28)21-26-13-5-4-6-18(26)15-27(21)17-8-11-24-12-9-17;2*3-2(4,5)1(6)7/h4-6,8-9,11-13,15-16,19H,7,10,14H2,1-3H3;2*(H,6,7)/t16?,19-,23-;;/m0../s1. The van der Waals surface area contributed by atoms with Gasteiger partial charge in [-0.3, -0.25) is 9.78 Å². The van der Waals surface area contributed by atoms with Gasteiger partial charge in [0.05, 0.1) is 6.20 Å². The van der Waals surface area contributed by atoms with E-state index < -0.39 is 24.3 Å². The largest absolute Gasteiger partial charge is 0.542 e. The molecule has 42 heavy (non-hydrogen) atoms. The van der Waals surface area contributed by atoms with Crippen molar-refractivity contribution in [3.8, 4) is 5.69 Å². The lowest BCUT2D eigenvalue weighted by molar-refractivity contribution is -0.596. The number of carboxylic acids is 2. The second-order valence-corrected chi connectivity index (χ2v) is 10.7. The zero-order valence-corrected chi connectivity index (χ0v) is 22.7. The molecular formula is C27H28F6N4O5. The van der Waals surface area contributed by atoms with Crippen molar-refractivity contribution in [2.75, 3.05) is 0 Å². The van der Waals surface area contributed by atoms with Gasteiger partial charge in [0.15, 0.2) is 5.52 Å². The van der Waals surface area contributed by atoms with Crippen molar-refractivity contribution < 1.29 is 55.5 Å². The predicted octanol–water partition coefficient (Wildman–Crippen LogP) is 3.49. The molecule has 15 heteroatoms. The molecule has 0 spiro atoms. The summed E-state index contributed by atoms with van der Waals surface area (Å²) in [6.45, 7) is 7.11. The third kappa shape index (κ3) is 6.49. The molecule has 2 saturated carbocycles. The van der Waals surface area contributed by atoms with Crippen LogP contribution >= 0.6 is 0 Å². The number of hydrogen-bond donors (Lipinski definition) is 2. The number of halogens is 6. The maximum Gasteiger partial charge on any atom is 0.490 e. The maximum atomic E-state index is 13.5. The van der Waals surface area contributed by atoms with Gasteiger partial charge in [-0.05, 0) is 48.1 Å². The number of fused-ring (bicyclic) bond motifs is 3. The number of amides is 1. The molecule has 0 aromatic carbocycles. The van der Waals surface area contributed by atoms with E-state index in [1.54, 1.807) is 12.4 Å². The molecule has 3 aromatic heterocycles. The van der Waals surface area contributed by atoms with Crippen LogP contribution in [-0.4, -0.2) is 50.7 Å². The SMILES string of the molecule is CC1(C)C2CC[C@@]1(C)[C@@H](NC(=O)c1n3ccccc3c[n+]1-c1ccncc1)C2.O=C(O)C(F)(F)F.O=C([O-])C(F)(F)F. The van der Waals surface area contributed by atoms with E-state index in [0.29, 0.717) is 11.7 Å². The molecule has 1 amide bonds. The monoisotopic (exact) mass is 602 g/mol. The predicted molar refractivity (Wildman–Crippen MR) is 132 cm³/mol. The number of pyridine rings is 2. The molecule has 2 bridgehead atoms. The van der Waals surface area contributed by atoms with Crippen molar-refractivity contribution in [1.82, 2.24) is 14.7 Å². The number of nitrogens with one attached hydrogen (secondary N) is 1. The molecular weight excluding hydrogens is 574 g/mol. The molecule has 0 saturated heterocycles. The fourth-order valence-electron chi connectivity index (χ4n) is 5.63. The van der Waals surface area contributed by atoms with Crippen LogP contribution in [0.5, 0.6) is 0 Å². The third-order valence-electron chi connectivity index (χ3n) is 8.33. The summed E-state index contributed by atoms with van der Waals surface area (Å²) in [4.78, 5) is 35.3. The Labute approximate surface area is 235 Å². The normalized spacial score (nSPS) is 22.4. The van der Waals surface area contributed by atoms with Gasteiger partial charge in [0.25, 0.3) is 0 Å². The highest BCUT2D eigenvalue weighted by Gasteiger charge is 2.61. The van der Waals surface area contributed by atoms with Crippen molar-refractivity contribution >= 4 is 23.4 Å². The molecule has 3 atom stereocenters. The smallest absolute Gasteiger partial charge is 0.490 e. The number of hydrogen-bond acceptors (Lipinski definition) is 5. The molecule has 1 unspecified atom stereocenters. The molecule has 228 valence electrons. The number of rotatable bonds is 3. The van der Waals surface area contributed by atoms with E-state index in [1.807, 2.05) is 51.7 Å². The van der Waals surface area contributed by atoms with E-state index in [0.717, 1.165) is 17.6 Å². The number of alkyl halides is 6. The second kappa shape index (κ2) is 11.6. The first-order valence-corrected chi connectivity index (χ1v) is 12.6. The fourth-order valence-corrected chi connectivity index (χ4v) is 5.63. The lowest BCUT2D eigenvalue weighted by Gasteiger charge is -2.39. The minimum absolute atomic E-state index is 0.0161. The summed E-state index contributed by atoms with van der Waals surface area (Å²) in [7, 11) is 0. The number of nitrogens with zero attached hydrogens (tertiary/aromatic N) is 3. The minimum atomic E-state index is -5.19. The molecule has 3 aromatic rings. The molecule has 3 heterocycles. The van der Waals surface area contributed by atoms with Gasteiger partial charge in [0.1, 0.15) is 17.9 Å². The van der Waals surface area contributed by atoms with Gasteiger partial charge in [-0.25, -0.2) is 4.79 Å². The summed E-state index contributed by atoms with van der Waals surface area (Å²) in [6.07, 6.45) is 0.742. The van der Waals surface area contributed by atoms with E-state index in [4.69, 9.17) is 19.8 Å². The van der Waals surface area contributed by atoms with Crippen LogP contribution in [0.2, 0.25) is 0 Å². The van der Waals surface area contributed by atoms with Gasteiger partial charge in [0.2, 0.25) is 0 Å². The number of aliphatic carboxylic acids is 2. The molecule has 0 aliphatic heterocycles. The quantitative estimate of drug-likeness (QED) is 0.349. The van der Waals surface area contributed by atoms with E-state index in [9.17, 15) is 31.1 Å². The van der Waals surface area contributed by atoms with E-state index in [1.165, 1.54) is 12.8 Å². The summed E-state index contributed by atoms with van der Waals surface area (Å²) in [6, 6.07) is 10.1. The van der Waals surface area contributed by atoms with E-state index >= 15 is 0 Å². The van der Waals surface area contributed by atoms with Crippen LogP contribution < -0.4 is 15.0 Å². The number of aromatic nitrogens is 3. The Morgan fingerprint density at radius 1 is 1.05 bits per heavy atom. The van der Waals surface area contributed by atoms with E-state index in [-0.39, 0.29) is 22.8 Å². The van der Waals surface area contributed by atoms with E-state index in [2.05, 4.69) is 31.1 Å². The average molecular weight is 603 g/mol. The van der Waals surface area contributed by atoms with Gasteiger partial charge < -0.3 is 20.3 Å². The number of carboxylic acid groups (broad SMARTS) is 2. The highest BCUT2D eigenvalue weighted by Crippen LogP contribution is 2.65. The van der Waals surface area contributed by atoms with Gasteiger partial charge in [0, 0.05) is 30.6 Å². The lowest BCUT2D eigenvalue weighted by atomic mass is 9.69. The first kappa shape index (κ1) is 32.3. The Bertz CT molecular complexity index is 1430. The molecule has 2 N–H and O–H groups in total. The zero-order valence-electron chi connectivity index (χ0n) is 22.7. The van der Waals surface area contributed by atoms with Crippen molar-refractivity contribution in [3.63, 3.8) is 0 Å². The Morgan fingerprint density at radius 3 is 2.07 bits per heavy atom. The highest BCUT2D eigenvalue weighted by atomic mass is 19.4. The van der Waals surface area contributed by atoms with Crippen molar-refractivity contribution in [2.24, 2.45) is 16.7 Å². The zero-order chi connectivity index (χ0) is 31.7. The van der Waals surface area contributed by atoms with Gasteiger partial charge in [-0.15, -0.1) is 0 Å². The molecule has 2 aliphatic carbocycles. The Balaban J connectivity index is 0.000000289. The number of imidazole rings is 1. The second-order valence-electron chi connectivity index (χ2n) is 10.7. The Hall–Kier alpha value is -4.17. The van der Waals surface area contributed by atoms with Crippen LogP contribution in [0.15, 0.2) is 55.1 Å². The molecule has 5 rings (SSSR count). The Morgan fingerprint density at radius 2 is 1.62 bits per heavy atom. The average Bonchev–Trinajstić information content (AvgIpc) is 3.45. The maximum absolute atomic E-state index is 13.5. The van der Waals surface area contributed by atoms with Crippen LogP contribution in [0.25, 0.3) is 11.2 Å². The summed E-state index contributed by atoms with van der Waals surface area (Å²) >= 11 is 0. The van der Waals surface area contributed by atoms with Crippen LogP contribution in [0.4, 0.5) is 26.3 Å². The van der Waals surface area contributed by atoms with Gasteiger partial charge in [-0.2, -0.15) is 35.3 Å². The summed E-state index contributed by atoms with van der Waals surface area (Å²) in [5, 5.41) is 19.3. The molecule has 2 fully saturated rings. The first-order valence-electron chi connectivity index (χ1n) is 12.6.